The van der Waals surface area contributed by atoms with Gasteiger partial charge in [-0.3, -0.25) is 9.59 Å². The highest BCUT2D eigenvalue weighted by Crippen LogP contribution is 2.35. The number of benzene rings is 1. The third-order valence-corrected chi connectivity index (χ3v) is 3.54. The van der Waals surface area contributed by atoms with E-state index < -0.39 is 5.92 Å². The van der Waals surface area contributed by atoms with Gasteiger partial charge in [-0.1, -0.05) is 19.1 Å². The predicted molar refractivity (Wildman–Crippen MR) is 69.0 cm³/mol. The van der Waals surface area contributed by atoms with Crippen molar-refractivity contribution in [2.75, 3.05) is 7.11 Å². The molecule has 18 heavy (non-hydrogen) atoms. The molecule has 0 bridgehead atoms. The number of methoxy groups -OCH3 is 1. The van der Waals surface area contributed by atoms with Crippen LogP contribution in [0.2, 0.25) is 0 Å². The Morgan fingerprint density at radius 3 is 2.44 bits per heavy atom. The summed E-state index contributed by atoms with van der Waals surface area (Å²) in [4.78, 5) is 24.1. The zero-order valence-electron chi connectivity index (χ0n) is 10.9. The Labute approximate surface area is 107 Å². The van der Waals surface area contributed by atoms with Gasteiger partial charge in [0.2, 0.25) is 0 Å². The second-order valence-electron chi connectivity index (χ2n) is 4.61. The fraction of sp³-hybridized carbons (Fsp3) is 0.467. The van der Waals surface area contributed by atoms with Crippen LogP contribution in [0, 0.1) is 0 Å². The molecule has 3 nitrogen and oxygen atoms in total. The molecule has 1 saturated carbocycles. The van der Waals surface area contributed by atoms with Crippen LogP contribution in [0.25, 0.3) is 0 Å². The number of ether oxygens (including phenoxy) is 1. The van der Waals surface area contributed by atoms with Gasteiger partial charge in [-0.05, 0) is 24.5 Å². The minimum absolute atomic E-state index is 0.0328. The number of carbonyl (C=O) groups is 2. The number of aryl methyl sites for hydroxylation is 1. The van der Waals surface area contributed by atoms with Crippen LogP contribution in [-0.2, 0) is 16.0 Å². The van der Waals surface area contributed by atoms with Crippen LogP contribution < -0.4 is 4.74 Å². The lowest BCUT2D eigenvalue weighted by molar-refractivity contribution is -0.131. The SMILES string of the molecule is CCc1cccc(OC)c1C1C(=O)CCCC1=O. The highest BCUT2D eigenvalue weighted by Gasteiger charge is 2.34. The second-order valence-corrected chi connectivity index (χ2v) is 4.61. The number of hydrogen-bond donors (Lipinski definition) is 0. The van der Waals surface area contributed by atoms with E-state index in [0.717, 1.165) is 17.5 Å². The minimum atomic E-state index is -0.607. The smallest absolute Gasteiger partial charge is 0.147 e. The monoisotopic (exact) mass is 246 g/mol. The van der Waals surface area contributed by atoms with E-state index in [1.54, 1.807) is 7.11 Å². The summed E-state index contributed by atoms with van der Waals surface area (Å²) in [7, 11) is 1.58. The molecule has 0 amide bonds. The zero-order chi connectivity index (χ0) is 13.1. The predicted octanol–water partition coefficient (Wildman–Crippen LogP) is 2.66. The van der Waals surface area contributed by atoms with Crippen molar-refractivity contribution in [1.82, 2.24) is 0 Å². The van der Waals surface area contributed by atoms with Crippen LogP contribution in [0.4, 0.5) is 0 Å². The van der Waals surface area contributed by atoms with Gasteiger partial charge in [-0.2, -0.15) is 0 Å². The molecule has 0 atom stereocenters. The van der Waals surface area contributed by atoms with Crippen molar-refractivity contribution in [3.8, 4) is 5.75 Å². The van der Waals surface area contributed by atoms with Crippen molar-refractivity contribution < 1.29 is 14.3 Å². The Hall–Kier alpha value is -1.64. The van der Waals surface area contributed by atoms with Gasteiger partial charge in [0, 0.05) is 18.4 Å². The third-order valence-electron chi connectivity index (χ3n) is 3.54. The largest absolute Gasteiger partial charge is 0.496 e. The van der Waals surface area contributed by atoms with Crippen LogP contribution in [0.1, 0.15) is 43.2 Å². The van der Waals surface area contributed by atoms with Crippen molar-refractivity contribution in [3.05, 3.63) is 29.3 Å². The van der Waals surface area contributed by atoms with Gasteiger partial charge in [-0.15, -0.1) is 0 Å². The lowest BCUT2D eigenvalue weighted by atomic mass is 9.79. The molecule has 1 fully saturated rings. The number of carbonyl (C=O) groups excluding carboxylic acids is 2. The first kappa shape index (κ1) is 12.8. The summed E-state index contributed by atoms with van der Waals surface area (Å²) >= 11 is 0. The molecule has 1 aliphatic rings. The van der Waals surface area contributed by atoms with Crippen molar-refractivity contribution in [1.29, 1.82) is 0 Å². The number of rotatable bonds is 3. The van der Waals surface area contributed by atoms with E-state index in [9.17, 15) is 9.59 Å². The fourth-order valence-corrected chi connectivity index (χ4v) is 2.63. The first-order valence-electron chi connectivity index (χ1n) is 6.40. The molecule has 0 aliphatic heterocycles. The van der Waals surface area contributed by atoms with Gasteiger partial charge in [0.05, 0.1) is 7.11 Å². The van der Waals surface area contributed by atoms with Gasteiger partial charge in [0.25, 0.3) is 0 Å². The van der Waals surface area contributed by atoms with Crippen molar-refractivity contribution in [3.63, 3.8) is 0 Å². The maximum Gasteiger partial charge on any atom is 0.147 e. The van der Waals surface area contributed by atoms with E-state index in [-0.39, 0.29) is 11.6 Å². The van der Waals surface area contributed by atoms with Crippen molar-refractivity contribution in [2.24, 2.45) is 0 Å². The average molecular weight is 246 g/mol. The van der Waals surface area contributed by atoms with Gasteiger partial charge >= 0.3 is 0 Å². The summed E-state index contributed by atoms with van der Waals surface area (Å²) in [5.41, 5.74) is 1.82. The van der Waals surface area contributed by atoms with Gasteiger partial charge < -0.3 is 4.74 Å². The van der Waals surface area contributed by atoms with Crippen LogP contribution >= 0.6 is 0 Å². The van der Waals surface area contributed by atoms with E-state index in [2.05, 4.69) is 0 Å². The first-order valence-corrected chi connectivity index (χ1v) is 6.40. The summed E-state index contributed by atoms with van der Waals surface area (Å²) in [6.45, 7) is 2.02. The second kappa shape index (κ2) is 5.34. The molecule has 1 aromatic carbocycles. The van der Waals surface area contributed by atoms with Gasteiger partial charge in [0.15, 0.2) is 0 Å². The summed E-state index contributed by atoms with van der Waals surface area (Å²) in [6, 6.07) is 5.69. The first-order chi connectivity index (χ1) is 8.69. The summed E-state index contributed by atoms with van der Waals surface area (Å²) in [5.74, 6) is 0.115. The lowest BCUT2D eigenvalue weighted by Crippen LogP contribution is -2.27. The Bertz CT molecular complexity index is 438. The maximum absolute atomic E-state index is 12.1. The molecular weight excluding hydrogens is 228 g/mol. The third kappa shape index (κ3) is 2.17. The van der Waals surface area contributed by atoms with Gasteiger partial charge in [0.1, 0.15) is 23.2 Å². The highest BCUT2D eigenvalue weighted by atomic mass is 16.5. The number of Topliss-reactive ketones (excluding diaryl/α,β-unsaturated/α-hetero) is 2. The Morgan fingerprint density at radius 2 is 1.89 bits per heavy atom. The standard InChI is InChI=1S/C15H18O3/c1-3-10-6-4-9-13(18-2)14(10)15-11(16)7-5-8-12(15)17/h4,6,9,15H,3,5,7-8H2,1-2H3. The van der Waals surface area contributed by atoms with Crippen molar-refractivity contribution in [2.45, 2.75) is 38.5 Å². The number of hydrogen-bond acceptors (Lipinski definition) is 3. The molecule has 0 radical (unpaired) electrons. The topological polar surface area (TPSA) is 43.4 Å². The van der Waals surface area contributed by atoms with Crippen LogP contribution in [0.3, 0.4) is 0 Å². The van der Waals surface area contributed by atoms with E-state index in [1.807, 2.05) is 25.1 Å². The normalized spacial score (nSPS) is 17.0. The molecule has 0 saturated heterocycles. The highest BCUT2D eigenvalue weighted by molar-refractivity contribution is 6.10. The Balaban J connectivity index is 2.53. The maximum atomic E-state index is 12.1. The zero-order valence-corrected chi connectivity index (χ0v) is 10.9. The van der Waals surface area contributed by atoms with Crippen LogP contribution in [0.15, 0.2) is 18.2 Å². The molecule has 0 heterocycles. The molecule has 0 unspecified atom stereocenters. The molecule has 96 valence electrons. The number of ketones is 2. The lowest BCUT2D eigenvalue weighted by Gasteiger charge is -2.23. The van der Waals surface area contributed by atoms with E-state index >= 15 is 0 Å². The van der Waals surface area contributed by atoms with Crippen molar-refractivity contribution >= 4 is 11.6 Å². The molecule has 0 aromatic heterocycles. The fourth-order valence-electron chi connectivity index (χ4n) is 2.63. The summed E-state index contributed by atoms with van der Waals surface area (Å²) < 4.78 is 5.33. The summed E-state index contributed by atoms with van der Waals surface area (Å²) in [5, 5.41) is 0. The molecule has 1 aromatic rings. The average Bonchev–Trinajstić information content (AvgIpc) is 2.38. The van der Waals surface area contributed by atoms with Crippen LogP contribution in [0.5, 0.6) is 5.75 Å². The van der Waals surface area contributed by atoms with E-state index in [1.165, 1.54) is 0 Å². The summed E-state index contributed by atoms with van der Waals surface area (Å²) in [6.07, 6.45) is 2.48. The van der Waals surface area contributed by atoms with E-state index in [0.29, 0.717) is 25.0 Å². The minimum Gasteiger partial charge on any atom is -0.496 e. The molecule has 0 N–H and O–H groups in total. The molecule has 1 aliphatic carbocycles. The molecular formula is C15H18O3. The van der Waals surface area contributed by atoms with E-state index in [4.69, 9.17) is 4.74 Å². The molecule has 3 heteroatoms. The quantitative estimate of drug-likeness (QED) is 0.770. The molecule has 0 spiro atoms. The molecule has 2 rings (SSSR count). The Kier molecular flexibility index (Phi) is 3.80. The van der Waals surface area contributed by atoms with Gasteiger partial charge in [-0.25, -0.2) is 0 Å². The Morgan fingerprint density at radius 1 is 1.22 bits per heavy atom. The van der Waals surface area contributed by atoms with Crippen LogP contribution in [-0.4, -0.2) is 18.7 Å².